The van der Waals surface area contributed by atoms with E-state index in [2.05, 4.69) is 41.8 Å². The molecule has 2 spiro atoms. The molecule has 0 N–H and O–H groups in total. The maximum atomic E-state index is 13.4. The van der Waals surface area contributed by atoms with Gasteiger partial charge in [-0.3, -0.25) is 14.4 Å². The summed E-state index contributed by atoms with van der Waals surface area (Å²) in [5.74, 6) is 3.66. The highest BCUT2D eigenvalue weighted by Crippen LogP contribution is 2.84. The van der Waals surface area contributed by atoms with Crippen LogP contribution in [-0.4, -0.2) is 78.9 Å². The monoisotopic (exact) mass is 776 g/mol. The average molecular weight is 777 g/mol. The van der Waals surface area contributed by atoms with Gasteiger partial charge in [-0.25, -0.2) is 4.99 Å². The van der Waals surface area contributed by atoms with Gasteiger partial charge in [0.05, 0.1) is 29.9 Å². The topological polar surface area (TPSA) is 91.7 Å². The number of allylic oxidation sites excluding steroid dienone is 1. The van der Waals surface area contributed by atoms with Gasteiger partial charge in [0.25, 0.3) is 0 Å². The van der Waals surface area contributed by atoms with Gasteiger partial charge in [0.15, 0.2) is 6.23 Å². The van der Waals surface area contributed by atoms with Gasteiger partial charge in [0.2, 0.25) is 5.78 Å². The van der Waals surface area contributed by atoms with Gasteiger partial charge in [-0.15, -0.1) is 6.42 Å². The van der Waals surface area contributed by atoms with E-state index in [1.165, 1.54) is 12.0 Å². The molecule has 2 aliphatic heterocycles. The van der Waals surface area contributed by atoms with E-state index in [1.807, 2.05) is 48.2 Å². The van der Waals surface area contributed by atoms with Gasteiger partial charge >= 0.3 is 11.9 Å². The van der Waals surface area contributed by atoms with Crippen molar-refractivity contribution in [1.82, 2.24) is 9.80 Å². The number of Topliss-reactive ketones (excluding diaryl/α,β-unsaturated/α-hetero) is 1. The minimum Gasteiger partial charge on any atom is -0.462 e. The molecule has 7 aliphatic rings. The Morgan fingerprint density at radius 2 is 1.77 bits per heavy atom. The Labute approximate surface area is 335 Å². The van der Waals surface area contributed by atoms with E-state index < -0.39 is 12.2 Å². The molecule has 0 amide bonds. The third-order valence-electron chi connectivity index (χ3n) is 15.3. The highest BCUT2D eigenvalue weighted by molar-refractivity contribution is 6.31. The Kier molecular flexibility index (Phi) is 9.40. The second-order valence-electron chi connectivity index (χ2n) is 17.9. The third kappa shape index (κ3) is 6.00. The van der Waals surface area contributed by atoms with Crippen LogP contribution in [0.3, 0.4) is 0 Å². The van der Waals surface area contributed by atoms with Crippen LogP contribution in [0.25, 0.3) is 0 Å². The van der Waals surface area contributed by atoms with Crippen molar-refractivity contribution in [2.24, 2.45) is 39.0 Å². The van der Waals surface area contributed by atoms with E-state index >= 15 is 0 Å². The lowest BCUT2D eigenvalue weighted by atomic mass is 9.51. The van der Waals surface area contributed by atoms with E-state index in [4.69, 9.17) is 32.5 Å². The van der Waals surface area contributed by atoms with E-state index in [9.17, 15) is 14.4 Å². The highest BCUT2D eigenvalue weighted by Gasteiger charge is 2.77. The molecule has 0 bridgehead atoms. The Morgan fingerprint density at radius 1 is 0.982 bits per heavy atom. The lowest BCUT2D eigenvalue weighted by molar-refractivity contribution is -0.156. The fourth-order valence-electron chi connectivity index (χ4n) is 12.5. The van der Waals surface area contributed by atoms with Crippen LogP contribution >= 0.6 is 11.6 Å². The van der Waals surface area contributed by atoms with Gasteiger partial charge in [-0.2, -0.15) is 0 Å². The van der Waals surface area contributed by atoms with Crippen LogP contribution in [0, 0.1) is 46.3 Å². The number of benzene rings is 2. The summed E-state index contributed by atoms with van der Waals surface area (Å²) >= 11 is 6.50. The first-order valence-electron chi connectivity index (χ1n) is 20.8. The number of ether oxygens (including phenoxy) is 2. The molecule has 294 valence electrons. The number of nitrogens with zero attached hydrogens (tertiary/aromatic N) is 4. The number of halogens is 1. The molecule has 5 fully saturated rings. The second kappa shape index (κ2) is 14.1. The van der Waals surface area contributed by atoms with Crippen molar-refractivity contribution in [2.75, 3.05) is 38.1 Å². The second-order valence-corrected chi connectivity index (χ2v) is 18.4. The van der Waals surface area contributed by atoms with Crippen molar-refractivity contribution in [3.63, 3.8) is 0 Å². The Morgan fingerprint density at radius 3 is 2.57 bits per heavy atom. The van der Waals surface area contributed by atoms with E-state index in [1.54, 1.807) is 0 Å². The van der Waals surface area contributed by atoms with Crippen molar-refractivity contribution < 1.29 is 23.9 Å². The van der Waals surface area contributed by atoms with Crippen molar-refractivity contribution in [3.8, 4) is 12.3 Å². The van der Waals surface area contributed by atoms with Crippen molar-refractivity contribution in [3.05, 3.63) is 64.7 Å². The number of hydrogen-bond donors (Lipinski definition) is 0. The lowest BCUT2D eigenvalue weighted by Crippen LogP contribution is -2.47. The van der Waals surface area contributed by atoms with Crippen LogP contribution in [0.15, 0.2) is 59.1 Å². The fourth-order valence-corrected chi connectivity index (χ4v) is 12.6. The predicted octanol–water partition coefficient (Wildman–Crippen LogP) is 8.23. The first-order chi connectivity index (χ1) is 27.0. The quantitative estimate of drug-likeness (QED) is 0.120. The number of piperazine rings is 1. The molecular formula is C46H53ClN4O5. The molecule has 4 saturated carbocycles. The molecule has 56 heavy (non-hydrogen) atoms. The number of esters is 2. The summed E-state index contributed by atoms with van der Waals surface area (Å²) in [5, 5.41) is 0.576. The number of aliphatic imine (C=N–C) groups is 1. The van der Waals surface area contributed by atoms with Gasteiger partial charge in [0, 0.05) is 49.1 Å². The van der Waals surface area contributed by atoms with Gasteiger partial charge in [-0.05, 0) is 130 Å². The van der Waals surface area contributed by atoms with Gasteiger partial charge in [0.1, 0.15) is 11.9 Å². The number of ketones is 1. The number of carbonyl (C=O) groups is 3. The molecule has 9 nitrogen and oxygen atoms in total. The van der Waals surface area contributed by atoms with Crippen molar-refractivity contribution in [1.29, 1.82) is 0 Å². The van der Waals surface area contributed by atoms with Crippen LogP contribution in [0.1, 0.15) is 90.0 Å². The molecule has 2 aromatic rings. The number of likely N-dealkylation sites (N-methyl/N-ethyl adjacent to an activating group) is 1. The predicted molar refractivity (Wildman–Crippen MR) is 217 cm³/mol. The summed E-state index contributed by atoms with van der Waals surface area (Å²) < 4.78 is 12.1. The van der Waals surface area contributed by atoms with E-state index in [-0.39, 0.29) is 47.4 Å². The zero-order valence-corrected chi connectivity index (χ0v) is 33.7. The summed E-state index contributed by atoms with van der Waals surface area (Å²) in [7, 11) is 2.13. The molecule has 0 aromatic heterocycles. The maximum Gasteiger partial charge on any atom is 0.308 e. The third-order valence-corrected chi connectivity index (χ3v) is 15.6. The molecule has 8 unspecified atom stereocenters. The first kappa shape index (κ1) is 37.4. The maximum absolute atomic E-state index is 13.4. The molecule has 0 radical (unpaired) electrons. The number of fused-ring (bicyclic) bond motifs is 4. The number of amidine groups is 1. The van der Waals surface area contributed by atoms with E-state index in [0.717, 1.165) is 100 Å². The standard InChI is InChI=1S/C46H53ClN4O5/c1-5-40(52)36-14-13-34-35-12-10-30-26-32(18-19-45(30)28-46(35,45)21-20-44(34,36)3)56-42(54)17-16-41(53)55-29(2)51-38-9-7-6-8-33(38)43(50-24-22-49(4)23-25-50)48-37-27-31(47)11-15-39(37)51/h1,6-11,15,27,29,32,34-36H,12-14,16-26,28H2,2-4H3. The number of para-hydroxylation sites is 1. The van der Waals surface area contributed by atoms with Crippen LogP contribution in [0.4, 0.5) is 17.1 Å². The zero-order chi connectivity index (χ0) is 39.0. The van der Waals surface area contributed by atoms with Crippen molar-refractivity contribution >= 4 is 52.2 Å². The molecule has 1 saturated heterocycles. The highest BCUT2D eigenvalue weighted by atomic mass is 35.5. The average Bonchev–Trinajstić information content (AvgIpc) is 3.77. The number of anilines is 2. The Bertz CT molecular complexity index is 2070. The fraction of sp³-hybridized carbons (Fsp3) is 0.565. The Hall–Kier alpha value is -4.13. The molecule has 9 rings (SSSR count). The minimum absolute atomic E-state index is 0.00122. The van der Waals surface area contributed by atoms with Gasteiger partial charge < -0.3 is 24.2 Å². The Balaban J connectivity index is 0.830. The largest absolute Gasteiger partial charge is 0.462 e. The number of terminal acetylenes is 1. The zero-order valence-electron chi connectivity index (χ0n) is 32.9. The molecule has 8 atom stereocenters. The molecule has 10 heteroatoms. The molecule has 5 aliphatic carbocycles. The van der Waals surface area contributed by atoms with E-state index in [0.29, 0.717) is 28.0 Å². The molecule has 2 aromatic carbocycles. The molecule has 2 heterocycles. The smallest absolute Gasteiger partial charge is 0.308 e. The number of hydrogen-bond acceptors (Lipinski definition) is 9. The van der Waals surface area contributed by atoms with Crippen LogP contribution in [0.2, 0.25) is 5.02 Å². The van der Waals surface area contributed by atoms with Crippen LogP contribution in [0.5, 0.6) is 0 Å². The first-order valence-corrected chi connectivity index (χ1v) is 21.1. The minimum atomic E-state index is -0.685. The van der Waals surface area contributed by atoms with Crippen LogP contribution < -0.4 is 4.90 Å². The SMILES string of the molecule is C#CC(=O)C1CCC2C3CC=C4CC(OC(=O)CCC(=O)OC(C)N5c6ccc(Cl)cc6N=C(N6CCN(C)CC6)c6ccccc65)CCC45CC35CCC12C. The summed E-state index contributed by atoms with van der Waals surface area (Å²) in [6, 6.07) is 13.7. The summed E-state index contributed by atoms with van der Waals surface area (Å²) in [5.41, 5.74) is 5.36. The van der Waals surface area contributed by atoms with Crippen molar-refractivity contribution in [2.45, 2.75) is 96.8 Å². The van der Waals surface area contributed by atoms with Crippen LogP contribution in [-0.2, 0) is 23.9 Å². The number of carbonyl (C=O) groups excluding carboxylic acids is 3. The summed E-state index contributed by atoms with van der Waals surface area (Å²) in [4.78, 5) is 51.1. The lowest BCUT2D eigenvalue weighted by Gasteiger charge is -2.53. The normalized spacial score (nSPS) is 33.3. The summed E-state index contributed by atoms with van der Waals surface area (Å²) in [6.07, 6.45) is 16.3. The summed E-state index contributed by atoms with van der Waals surface area (Å²) in [6.45, 7) is 7.75. The van der Waals surface area contributed by atoms with Gasteiger partial charge in [-0.1, -0.05) is 42.3 Å². The number of rotatable bonds is 7. The molecular weight excluding hydrogens is 724 g/mol.